The Morgan fingerprint density at radius 2 is 1.62 bits per heavy atom. The van der Waals surface area contributed by atoms with E-state index in [4.69, 9.17) is 15.3 Å². The number of nitrogens with zero attached hydrogens (tertiary/aromatic N) is 1. The first kappa shape index (κ1) is 13.8. The van der Waals surface area contributed by atoms with Crippen molar-refractivity contribution < 1.29 is 14.7 Å². The first-order chi connectivity index (χ1) is 6.13. The molecule has 0 bridgehead atoms. The zero-order valence-corrected chi connectivity index (χ0v) is 6.63. The molecular formula is C6H10FN3O3. The fraction of sp³-hybridized carbons (Fsp3) is 0. The minimum absolute atomic E-state index is 0.178. The van der Waals surface area contributed by atoms with Gasteiger partial charge in [0.05, 0.1) is 0 Å². The van der Waals surface area contributed by atoms with Gasteiger partial charge in [0.15, 0.2) is 0 Å². The van der Waals surface area contributed by atoms with Gasteiger partial charge in [0.2, 0.25) is 0 Å². The normalized spacial score (nSPS) is 7.00. The topological polar surface area (TPSA) is 115 Å². The summed E-state index contributed by atoms with van der Waals surface area (Å²) in [7, 11) is 0. The molecule has 1 aromatic carbocycles. The summed E-state index contributed by atoms with van der Waals surface area (Å²) in [5.41, 5.74) is 0. The number of hydrogen-bond acceptors (Lipinski definition) is 4. The minimum Gasteiger partial charge on any atom is -0.328 e. The van der Waals surface area contributed by atoms with Gasteiger partial charge in [0.25, 0.3) is 5.09 Å². The Morgan fingerprint density at radius 3 is 1.77 bits per heavy atom. The predicted molar refractivity (Wildman–Crippen MR) is 43.6 cm³/mol. The summed E-state index contributed by atoms with van der Waals surface area (Å²) in [6, 6.07) is 7.94. The molecule has 74 valence electrons. The molecule has 13 heavy (non-hydrogen) atoms. The third kappa shape index (κ3) is 17.9. The van der Waals surface area contributed by atoms with Crippen LogP contribution < -0.4 is 11.7 Å². The first-order valence-corrected chi connectivity index (χ1v) is 3.00. The Bertz CT molecular complexity index is 216. The van der Waals surface area contributed by atoms with Gasteiger partial charge < -0.3 is 5.21 Å². The molecule has 0 amide bonds. The van der Waals surface area contributed by atoms with Gasteiger partial charge in [-0.25, -0.2) is 4.39 Å². The van der Waals surface area contributed by atoms with Gasteiger partial charge in [0.1, 0.15) is 5.82 Å². The highest BCUT2D eigenvalue weighted by Gasteiger charge is 1.77. The molecule has 5 N–H and O–H groups in total. The zero-order valence-electron chi connectivity index (χ0n) is 6.63. The zero-order chi connectivity index (χ0) is 10.7. The maximum Gasteiger partial charge on any atom is 0.291 e. The second kappa shape index (κ2) is 10.3. The predicted octanol–water partition coefficient (Wildman–Crippen LogP) is 0.297. The summed E-state index contributed by atoms with van der Waals surface area (Å²) < 4.78 is 11.9. The van der Waals surface area contributed by atoms with Crippen LogP contribution in [0.3, 0.4) is 0 Å². The van der Waals surface area contributed by atoms with E-state index in [2.05, 4.69) is 11.7 Å². The number of hydrazine groups is 1. The number of hydrogen-bond donors (Lipinski definition) is 3. The lowest BCUT2D eigenvalue weighted by Crippen LogP contribution is -2.02. The van der Waals surface area contributed by atoms with Crippen LogP contribution in [-0.2, 0) is 0 Å². The summed E-state index contributed by atoms with van der Waals surface area (Å²) in [6.45, 7) is 0. The molecule has 0 aliphatic carbocycles. The second-order valence-electron chi connectivity index (χ2n) is 1.53. The molecule has 0 aromatic heterocycles. The minimum atomic E-state index is -1.50. The van der Waals surface area contributed by atoms with Crippen LogP contribution in [0.1, 0.15) is 0 Å². The highest BCUT2D eigenvalue weighted by atomic mass is 19.1. The molecule has 1 aromatic rings. The van der Waals surface area contributed by atoms with Gasteiger partial charge in [-0.1, -0.05) is 18.2 Å². The van der Waals surface area contributed by atoms with E-state index in [1.54, 1.807) is 18.2 Å². The van der Waals surface area contributed by atoms with Gasteiger partial charge in [-0.05, 0) is 12.1 Å². The molecule has 0 radical (unpaired) electrons. The van der Waals surface area contributed by atoms with Crippen LogP contribution >= 0.6 is 0 Å². The Hall–Kier alpha value is -1.73. The van der Waals surface area contributed by atoms with Crippen LogP contribution in [0.2, 0.25) is 0 Å². The van der Waals surface area contributed by atoms with Gasteiger partial charge >= 0.3 is 0 Å². The lowest BCUT2D eigenvalue weighted by Gasteiger charge is -1.78. The number of nitrogens with two attached hydrogens (primary N) is 2. The number of rotatable bonds is 0. The van der Waals surface area contributed by atoms with Crippen LogP contribution in [0.15, 0.2) is 30.3 Å². The highest BCUT2D eigenvalue weighted by Crippen LogP contribution is 1.91. The van der Waals surface area contributed by atoms with Crippen LogP contribution in [0.25, 0.3) is 0 Å². The molecule has 6 nitrogen and oxygen atoms in total. The molecule has 0 atom stereocenters. The van der Waals surface area contributed by atoms with E-state index in [9.17, 15) is 4.39 Å². The van der Waals surface area contributed by atoms with Gasteiger partial charge in [-0.2, -0.15) is 0 Å². The van der Waals surface area contributed by atoms with E-state index in [-0.39, 0.29) is 5.82 Å². The van der Waals surface area contributed by atoms with Crippen LogP contribution in [0.5, 0.6) is 0 Å². The molecule has 0 aliphatic heterocycles. The van der Waals surface area contributed by atoms with E-state index in [1.165, 1.54) is 12.1 Å². The third-order valence-electron chi connectivity index (χ3n) is 0.733. The SMILES string of the molecule is Fc1ccccc1.NN.O=[N+]([O-])O. The Balaban J connectivity index is 0. The standard InChI is InChI=1S/C6H5F.H4N2.HNO3/c7-6-4-2-1-3-5-6;1-2;2-1(3)4/h1-5H;1-2H2;(H,2,3,4). The molecule has 0 saturated carbocycles. The van der Waals surface area contributed by atoms with E-state index in [1.807, 2.05) is 0 Å². The van der Waals surface area contributed by atoms with Crippen LogP contribution in [0.4, 0.5) is 4.39 Å². The average Bonchev–Trinajstić information content (AvgIpc) is 2.08. The fourth-order valence-corrected chi connectivity index (χ4v) is 0.415. The van der Waals surface area contributed by atoms with Crippen molar-refractivity contribution in [2.24, 2.45) is 11.7 Å². The van der Waals surface area contributed by atoms with Gasteiger partial charge in [-0.15, -0.1) is 10.1 Å². The monoisotopic (exact) mass is 191 g/mol. The van der Waals surface area contributed by atoms with Crippen molar-refractivity contribution >= 4 is 0 Å². The smallest absolute Gasteiger partial charge is 0.291 e. The van der Waals surface area contributed by atoms with Crippen LogP contribution in [-0.4, -0.2) is 10.3 Å². The lowest BCUT2D eigenvalue weighted by atomic mass is 10.4. The maximum atomic E-state index is 11.9. The number of halogens is 1. The van der Waals surface area contributed by atoms with E-state index >= 15 is 0 Å². The summed E-state index contributed by atoms with van der Waals surface area (Å²) in [5, 5.41) is 13.6. The maximum absolute atomic E-state index is 11.9. The molecule has 0 fully saturated rings. The molecule has 0 heterocycles. The molecule has 0 aliphatic rings. The van der Waals surface area contributed by atoms with Crippen molar-refractivity contribution in [1.82, 2.24) is 0 Å². The summed E-state index contributed by atoms with van der Waals surface area (Å²) >= 11 is 0. The third-order valence-corrected chi connectivity index (χ3v) is 0.733. The molecule has 0 spiro atoms. The first-order valence-electron chi connectivity index (χ1n) is 3.00. The molecular weight excluding hydrogens is 181 g/mol. The Labute approximate surface area is 73.7 Å². The van der Waals surface area contributed by atoms with Gasteiger partial charge in [0, 0.05) is 0 Å². The van der Waals surface area contributed by atoms with Crippen molar-refractivity contribution in [3.63, 3.8) is 0 Å². The molecule has 7 heteroatoms. The fourth-order valence-electron chi connectivity index (χ4n) is 0.415. The van der Waals surface area contributed by atoms with Crippen molar-refractivity contribution in [2.45, 2.75) is 0 Å². The van der Waals surface area contributed by atoms with E-state index in [0.29, 0.717) is 0 Å². The van der Waals surface area contributed by atoms with Crippen molar-refractivity contribution in [3.8, 4) is 0 Å². The molecule has 1 rings (SSSR count). The summed E-state index contributed by atoms with van der Waals surface area (Å²) in [5.74, 6) is 7.82. The molecule has 0 unspecified atom stereocenters. The average molecular weight is 191 g/mol. The molecule has 0 saturated heterocycles. The van der Waals surface area contributed by atoms with Crippen molar-refractivity contribution in [3.05, 3.63) is 46.3 Å². The quantitative estimate of drug-likeness (QED) is 0.310. The lowest BCUT2D eigenvalue weighted by molar-refractivity contribution is -0.742. The highest BCUT2D eigenvalue weighted by molar-refractivity contribution is 5.02. The van der Waals surface area contributed by atoms with Crippen LogP contribution in [0, 0.1) is 15.9 Å². The van der Waals surface area contributed by atoms with Crippen molar-refractivity contribution in [2.75, 3.05) is 0 Å². The summed E-state index contributed by atoms with van der Waals surface area (Å²) in [6.07, 6.45) is 0. The number of benzene rings is 1. The van der Waals surface area contributed by atoms with Crippen molar-refractivity contribution in [1.29, 1.82) is 0 Å². The van der Waals surface area contributed by atoms with E-state index < -0.39 is 5.09 Å². The van der Waals surface area contributed by atoms with Gasteiger partial charge in [-0.3, -0.25) is 11.7 Å². The second-order valence-corrected chi connectivity index (χ2v) is 1.53. The Morgan fingerprint density at radius 1 is 1.31 bits per heavy atom. The largest absolute Gasteiger partial charge is 0.328 e. The Kier molecular flexibility index (Phi) is 10.9. The summed E-state index contributed by atoms with van der Waals surface area (Å²) in [4.78, 5) is 8.36. The van der Waals surface area contributed by atoms with E-state index in [0.717, 1.165) is 0 Å².